The van der Waals surface area contributed by atoms with Gasteiger partial charge in [-0.1, -0.05) is 92.1 Å². The van der Waals surface area contributed by atoms with E-state index in [2.05, 4.69) is 42.5 Å². The number of carboxylic acid groups (broad SMARTS) is 2. The molecule has 67 heavy (non-hydrogen) atoms. The Kier molecular flexibility index (Phi) is 25.9. The molecule has 1 rings (SSSR count). The van der Waals surface area contributed by atoms with Crippen LogP contribution in [0, 0.1) is 23.7 Å². The van der Waals surface area contributed by atoms with E-state index in [4.69, 9.17) is 5.73 Å². The van der Waals surface area contributed by atoms with Crippen molar-refractivity contribution in [1.82, 2.24) is 42.5 Å². The van der Waals surface area contributed by atoms with Gasteiger partial charge >= 0.3 is 11.9 Å². The molecule has 0 heterocycles. The molecule has 0 aliphatic carbocycles. The molecule has 1 aromatic carbocycles. The second kappa shape index (κ2) is 29.5. The molecule has 22 heteroatoms. The van der Waals surface area contributed by atoms with E-state index < -0.39 is 127 Å². The molecule has 0 spiro atoms. The number of amides is 8. The van der Waals surface area contributed by atoms with Crippen molar-refractivity contribution in [3.63, 3.8) is 0 Å². The molecule has 9 atom stereocenters. The molecule has 376 valence electrons. The number of carbonyl (C=O) groups excluding carboxylic acids is 8. The zero-order valence-electron chi connectivity index (χ0n) is 40.0. The van der Waals surface area contributed by atoms with Gasteiger partial charge in [-0.3, -0.25) is 43.2 Å². The van der Waals surface area contributed by atoms with Crippen LogP contribution in [0.1, 0.15) is 100.0 Å². The van der Waals surface area contributed by atoms with Gasteiger partial charge in [0.05, 0.1) is 25.6 Å². The molecule has 1 aromatic rings. The standard InChI is InChI=1S/C45H73N9O13/c1-10-26(8)37(54-39(60)29(46)16-23(2)3)44(65)48-27(9)38(59)50-32(20-36(57)58)43(64)52-31(19-28-14-12-11-13-15-28)42(63)51-30(17-24(4)5)41(62)53-34(22-55)40(61)47-21-35(56)49-33(45(66)67)18-25(6)7/h11-15,23-27,29-34,37,55H,10,16-22,46H2,1-9H3,(H,47,61)(H,48,65)(H,49,56)(H,50,59)(H,51,63)(H,52,64)(H,53,62)(H,54,60)(H,57,58)(H,66,67)/t26-,27-,29-,30-,31-,32-,33-,34-,37-/m0/s1. The van der Waals surface area contributed by atoms with Crippen LogP contribution in [0.4, 0.5) is 0 Å². The van der Waals surface area contributed by atoms with Crippen molar-refractivity contribution in [2.75, 3.05) is 13.2 Å². The topological polar surface area (TPSA) is 354 Å². The fraction of sp³-hybridized carbons (Fsp3) is 0.644. The lowest BCUT2D eigenvalue weighted by molar-refractivity contribution is -0.142. The van der Waals surface area contributed by atoms with E-state index in [1.165, 1.54) is 6.92 Å². The number of hydrogen-bond acceptors (Lipinski definition) is 12. The Morgan fingerprint density at radius 2 is 1.06 bits per heavy atom. The van der Waals surface area contributed by atoms with Crippen LogP contribution in [-0.2, 0) is 54.4 Å². The smallest absolute Gasteiger partial charge is 0.326 e. The first-order valence-corrected chi connectivity index (χ1v) is 22.5. The lowest BCUT2D eigenvalue weighted by Crippen LogP contribution is -2.61. The van der Waals surface area contributed by atoms with Gasteiger partial charge in [-0.15, -0.1) is 0 Å². The highest BCUT2D eigenvalue weighted by molar-refractivity contribution is 5.98. The number of carbonyl (C=O) groups is 10. The second-order valence-electron chi connectivity index (χ2n) is 18.0. The van der Waals surface area contributed by atoms with Crippen molar-refractivity contribution in [2.24, 2.45) is 29.4 Å². The third-order valence-corrected chi connectivity index (χ3v) is 10.5. The summed E-state index contributed by atoms with van der Waals surface area (Å²) in [5.74, 6) is -10.3. The number of benzene rings is 1. The number of carboxylic acids is 2. The van der Waals surface area contributed by atoms with E-state index in [-0.39, 0.29) is 42.9 Å². The van der Waals surface area contributed by atoms with Crippen molar-refractivity contribution in [3.8, 4) is 0 Å². The minimum atomic E-state index is -1.78. The van der Waals surface area contributed by atoms with Crippen LogP contribution >= 0.6 is 0 Å². The van der Waals surface area contributed by atoms with Crippen LogP contribution in [0.3, 0.4) is 0 Å². The number of aliphatic carboxylic acids is 2. The molecule has 0 fully saturated rings. The predicted octanol–water partition coefficient (Wildman–Crippen LogP) is -1.18. The highest BCUT2D eigenvalue weighted by atomic mass is 16.4. The molecule has 0 aliphatic heterocycles. The lowest BCUT2D eigenvalue weighted by atomic mass is 9.96. The summed E-state index contributed by atoms with van der Waals surface area (Å²) in [5, 5.41) is 48.6. The van der Waals surface area contributed by atoms with Crippen molar-refractivity contribution in [3.05, 3.63) is 35.9 Å². The summed E-state index contributed by atoms with van der Waals surface area (Å²) >= 11 is 0. The number of rotatable bonds is 30. The Morgan fingerprint density at radius 3 is 1.58 bits per heavy atom. The molecule has 0 unspecified atom stereocenters. The van der Waals surface area contributed by atoms with Gasteiger partial charge in [-0.05, 0) is 55.4 Å². The first kappa shape index (κ1) is 58.9. The van der Waals surface area contributed by atoms with Gasteiger partial charge in [0, 0.05) is 6.42 Å². The van der Waals surface area contributed by atoms with Gasteiger partial charge in [-0.25, -0.2) is 4.79 Å². The van der Waals surface area contributed by atoms with Crippen molar-refractivity contribution in [2.45, 2.75) is 149 Å². The molecule has 8 amide bonds. The molecule has 0 saturated carbocycles. The number of aliphatic hydroxyl groups excluding tert-OH is 1. The first-order chi connectivity index (χ1) is 31.3. The zero-order valence-corrected chi connectivity index (χ0v) is 40.0. The molecule has 0 aliphatic rings. The second-order valence-corrected chi connectivity index (χ2v) is 18.0. The summed E-state index contributed by atoms with van der Waals surface area (Å²) in [5.41, 5.74) is 6.56. The van der Waals surface area contributed by atoms with Crippen molar-refractivity contribution >= 4 is 59.2 Å². The summed E-state index contributed by atoms with van der Waals surface area (Å²) in [6.07, 6.45) is -0.169. The number of hydrogen-bond donors (Lipinski definition) is 12. The maximum Gasteiger partial charge on any atom is 0.326 e. The van der Waals surface area contributed by atoms with Gasteiger partial charge < -0.3 is 63.6 Å². The Balaban J connectivity index is 3.29. The highest BCUT2D eigenvalue weighted by Crippen LogP contribution is 2.12. The average Bonchev–Trinajstić information content (AvgIpc) is 3.24. The Morgan fingerprint density at radius 1 is 0.552 bits per heavy atom. The van der Waals surface area contributed by atoms with E-state index in [1.807, 2.05) is 13.8 Å². The van der Waals surface area contributed by atoms with Gasteiger partial charge in [0.25, 0.3) is 0 Å². The molecule has 13 N–H and O–H groups in total. The molecule has 0 aromatic heterocycles. The van der Waals surface area contributed by atoms with Gasteiger partial charge in [0.1, 0.15) is 42.3 Å². The molecular formula is C45H73N9O13. The first-order valence-electron chi connectivity index (χ1n) is 22.5. The Hall–Kier alpha value is -6.16. The third kappa shape index (κ3) is 22.3. The zero-order chi connectivity index (χ0) is 51.1. The predicted molar refractivity (Wildman–Crippen MR) is 245 cm³/mol. The SMILES string of the molecule is CC[C@H](C)[C@H](NC(=O)[C@@H](N)CC(C)C)C(=O)N[C@@H](C)C(=O)N[C@@H](CC(=O)O)C(=O)N[C@@H](Cc1ccccc1)C(=O)N[C@@H](CC(C)C)C(=O)N[C@@H](CO)C(=O)NCC(=O)N[C@@H](CC(C)C)C(=O)O. The minimum absolute atomic E-state index is 0.00813. The maximum atomic E-state index is 14.1. The van der Waals surface area contributed by atoms with Gasteiger partial charge in [0.15, 0.2) is 0 Å². The fourth-order valence-electron chi connectivity index (χ4n) is 6.63. The van der Waals surface area contributed by atoms with E-state index in [0.29, 0.717) is 18.4 Å². The normalized spacial score (nSPS) is 15.3. The number of nitrogens with one attached hydrogen (secondary N) is 8. The van der Waals surface area contributed by atoms with Crippen LogP contribution in [-0.4, -0.2) is 136 Å². The lowest BCUT2D eigenvalue weighted by Gasteiger charge is -2.28. The quantitative estimate of drug-likeness (QED) is 0.0432. The summed E-state index contributed by atoms with van der Waals surface area (Å²) in [7, 11) is 0. The monoisotopic (exact) mass is 948 g/mol. The number of aliphatic hydroxyl groups is 1. The van der Waals surface area contributed by atoms with Crippen molar-refractivity contribution < 1.29 is 63.3 Å². The number of nitrogens with two attached hydrogens (primary N) is 1. The van der Waals surface area contributed by atoms with E-state index in [9.17, 15) is 63.3 Å². The Labute approximate surface area is 391 Å². The highest BCUT2D eigenvalue weighted by Gasteiger charge is 2.35. The van der Waals surface area contributed by atoms with Crippen LogP contribution < -0.4 is 48.3 Å². The van der Waals surface area contributed by atoms with Gasteiger partial charge in [-0.2, -0.15) is 0 Å². The van der Waals surface area contributed by atoms with Crippen LogP contribution in [0.5, 0.6) is 0 Å². The summed E-state index contributed by atoms with van der Waals surface area (Å²) < 4.78 is 0. The van der Waals surface area contributed by atoms with E-state index in [0.717, 1.165) is 0 Å². The molecule has 0 bridgehead atoms. The molecular weight excluding hydrogens is 875 g/mol. The van der Waals surface area contributed by atoms with Gasteiger partial charge in [0.2, 0.25) is 47.3 Å². The average molecular weight is 948 g/mol. The minimum Gasteiger partial charge on any atom is -0.481 e. The van der Waals surface area contributed by atoms with Crippen LogP contribution in [0.15, 0.2) is 30.3 Å². The Bertz CT molecular complexity index is 1850. The molecule has 22 nitrogen and oxygen atoms in total. The maximum absolute atomic E-state index is 14.1. The fourth-order valence-corrected chi connectivity index (χ4v) is 6.63. The molecule has 0 saturated heterocycles. The van der Waals surface area contributed by atoms with E-state index >= 15 is 0 Å². The van der Waals surface area contributed by atoms with Crippen LogP contribution in [0.2, 0.25) is 0 Å². The summed E-state index contributed by atoms with van der Waals surface area (Å²) in [6, 6.07) is -2.42. The van der Waals surface area contributed by atoms with E-state index in [1.54, 1.807) is 71.9 Å². The summed E-state index contributed by atoms with van der Waals surface area (Å²) in [4.78, 5) is 130. The van der Waals surface area contributed by atoms with Crippen LogP contribution in [0.25, 0.3) is 0 Å². The van der Waals surface area contributed by atoms with Crippen molar-refractivity contribution in [1.29, 1.82) is 0 Å². The molecule has 0 radical (unpaired) electrons. The summed E-state index contributed by atoms with van der Waals surface area (Å²) in [6.45, 7) is 14.0. The largest absolute Gasteiger partial charge is 0.481 e. The third-order valence-electron chi connectivity index (χ3n) is 10.5.